The number of phosphoric acid groups is 2. The molecule has 542 valence electrons. The largest absolute Gasteiger partial charge is 0.472 e. The van der Waals surface area contributed by atoms with Crippen molar-refractivity contribution >= 4 is 39.5 Å². The molecule has 0 aliphatic heterocycles. The molecule has 92 heavy (non-hydrogen) atoms. The molecule has 0 amide bonds. The second-order valence-corrected chi connectivity index (χ2v) is 29.7. The van der Waals surface area contributed by atoms with Crippen molar-refractivity contribution in [3.63, 3.8) is 0 Å². The molecule has 3 N–H and O–H groups in total. The van der Waals surface area contributed by atoms with Crippen LogP contribution in [0.1, 0.15) is 344 Å². The number of carbonyl (C=O) groups excluding carboxylic acids is 4. The Morgan fingerprint density at radius 3 is 0.967 bits per heavy atom. The highest BCUT2D eigenvalue weighted by Crippen LogP contribution is 2.45. The summed E-state index contributed by atoms with van der Waals surface area (Å²) in [5, 5.41) is 10.6. The average molecular weight is 1350 g/mol. The van der Waals surface area contributed by atoms with Crippen molar-refractivity contribution in [2.75, 3.05) is 39.6 Å². The molecular weight excluding hydrogens is 1210 g/mol. The maximum atomic E-state index is 13.0. The van der Waals surface area contributed by atoms with Crippen LogP contribution in [0.4, 0.5) is 0 Å². The first-order chi connectivity index (χ1) is 44.3. The van der Waals surface area contributed by atoms with E-state index in [4.69, 9.17) is 37.0 Å². The van der Waals surface area contributed by atoms with Crippen LogP contribution in [0.15, 0.2) is 24.3 Å². The smallest absolute Gasteiger partial charge is 0.462 e. The van der Waals surface area contributed by atoms with Crippen molar-refractivity contribution in [3.8, 4) is 0 Å². The van der Waals surface area contributed by atoms with Crippen molar-refractivity contribution in [1.29, 1.82) is 0 Å². The molecule has 0 rings (SSSR count). The van der Waals surface area contributed by atoms with Crippen LogP contribution < -0.4 is 0 Å². The summed E-state index contributed by atoms with van der Waals surface area (Å²) >= 11 is 0. The molecular formula is C73H138O17P2. The summed E-state index contributed by atoms with van der Waals surface area (Å²) in [5.41, 5.74) is 0. The molecule has 0 aromatic rings. The molecule has 0 heterocycles. The van der Waals surface area contributed by atoms with Gasteiger partial charge in [0.25, 0.3) is 0 Å². The molecule has 0 fully saturated rings. The SMILES string of the molecule is CCCCCC/C=C\C=C/CCCCCCCC(=O)O[C@H](COC(=O)CCCCCCCCCCCCC(C)C)COP(=O)(O)OCC(O)COP(=O)(O)OC[C@@H](COC(=O)CCCCCCCCCC(C)C)OC(=O)CCCCCCCCCCCCC(C)CC. The van der Waals surface area contributed by atoms with E-state index in [0.717, 1.165) is 121 Å². The lowest BCUT2D eigenvalue weighted by Gasteiger charge is -2.21. The number of allylic oxidation sites excluding steroid dienone is 4. The summed E-state index contributed by atoms with van der Waals surface area (Å²) in [6.07, 6.45) is 50.7. The molecule has 0 radical (unpaired) electrons. The van der Waals surface area contributed by atoms with Gasteiger partial charge < -0.3 is 33.8 Å². The second-order valence-electron chi connectivity index (χ2n) is 26.8. The van der Waals surface area contributed by atoms with Crippen molar-refractivity contribution in [1.82, 2.24) is 0 Å². The summed E-state index contributed by atoms with van der Waals surface area (Å²) in [6.45, 7) is 11.8. The minimum atomic E-state index is -4.96. The fourth-order valence-electron chi connectivity index (χ4n) is 10.5. The number of rotatable bonds is 69. The monoisotopic (exact) mass is 1350 g/mol. The van der Waals surface area contributed by atoms with E-state index >= 15 is 0 Å². The Balaban J connectivity index is 5.30. The van der Waals surface area contributed by atoms with Crippen LogP contribution in [0.25, 0.3) is 0 Å². The Labute approximate surface area is 561 Å². The fraction of sp³-hybridized carbons (Fsp3) is 0.890. The second kappa shape index (κ2) is 63.3. The van der Waals surface area contributed by atoms with Gasteiger partial charge in [0.05, 0.1) is 26.4 Å². The molecule has 6 atom stereocenters. The molecule has 0 aliphatic rings. The first kappa shape index (κ1) is 89.5. The van der Waals surface area contributed by atoms with Gasteiger partial charge in [-0.3, -0.25) is 37.3 Å². The molecule has 0 aliphatic carbocycles. The van der Waals surface area contributed by atoms with Crippen molar-refractivity contribution < 1.29 is 80.2 Å². The highest BCUT2D eigenvalue weighted by Gasteiger charge is 2.30. The molecule has 0 aromatic heterocycles. The Morgan fingerprint density at radius 2 is 0.641 bits per heavy atom. The van der Waals surface area contributed by atoms with E-state index in [-0.39, 0.29) is 25.7 Å². The van der Waals surface area contributed by atoms with Gasteiger partial charge in [0, 0.05) is 25.7 Å². The van der Waals surface area contributed by atoms with Crippen molar-refractivity contribution in [2.24, 2.45) is 17.8 Å². The fourth-order valence-corrected chi connectivity index (χ4v) is 12.1. The quantitative estimate of drug-likeness (QED) is 0.0169. The van der Waals surface area contributed by atoms with Crippen molar-refractivity contribution in [3.05, 3.63) is 24.3 Å². The number of carbonyl (C=O) groups is 4. The van der Waals surface area contributed by atoms with Crippen LogP contribution in [0.5, 0.6) is 0 Å². The molecule has 0 saturated heterocycles. The van der Waals surface area contributed by atoms with Crippen LogP contribution in [-0.4, -0.2) is 96.7 Å². The summed E-state index contributed by atoms with van der Waals surface area (Å²) in [4.78, 5) is 72.7. The number of ether oxygens (including phenoxy) is 4. The average Bonchev–Trinajstić information content (AvgIpc) is 2.17. The van der Waals surface area contributed by atoms with Crippen LogP contribution in [0.2, 0.25) is 0 Å². The topological polar surface area (TPSA) is 237 Å². The summed E-state index contributed by atoms with van der Waals surface area (Å²) in [7, 11) is -9.92. The van der Waals surface area contributed by atoms with Gasteiger partial charge in [-0.05, 0) is 69.1 Å². The normalized spacial score (nSPS) is 14.6. The van der Waals surface area contributed by atoms with Crippen molar-refractivity contribution in [2.45, 2.75) is 362 Å². The number of aliphatic hydroxyl groups excluding tert-OH is 1. The first-order valence-electron chi connectivity index (χ1n) is 37.2. The third-order valence-electron chi connectivity index (χ3n) is 16.6. The number of aliphatic hydroxyl groups is 1. The lowest BCUT2D eigenvalue weighted by molar-refractivity contribution is -0.161. The molecule has 19 heteroatoms. The Hall–Kier alpha value is -2.46. The van der Waals surface area contributed by atoms with Crippen LogP contribution in [-0.2, 0) is 65.4 Å². The van der Waals surface area contributed by atoms with Crippen LogP contribution in [0, 0.1) is 17.8 Å². The van der Waals surface area contributed by atoms with E-state index in [0.29, 0.717) is 31.6 Å². The van der Waals surface area contributed by atoms with Gasteiger partial charge in [-0.15, -0.1) is 0 Å². The maximum absolute atomic E-state index is 13.0. The van der Waals surface area contributed by atoms with E-state index < -0.39 is 97.5 Å². The number of hydrogen-bond acceptors (Lipinski definition) is 15. The molecule has 0 saturated carbocycles. The lowest BCUT2D eigenvalue weighted by Crippen LogP contribution is -2.30. The lowest BCUT2D eigenvalue weighted by atomic mass is 9.99. The highest BCUT2D eigenvalue weighted by molar-refractivity contribution is 7.47. The zero-order valence-electron chi connectivity index (χ0n) is 59.5. The minimum absolute atomic E-state index is 0.0843. The summed E-state index contributed by atoms with van der Waals surface area (Å²) in [5.74, 6) is 0.107. The number of esters is 4. The maximum Gasteiger partial charge on any atom is 0.472 e. The zero-order chi connectivity index (χ0) is 68.0. The third-order valence-corrected chi connectivity index (χ3v) is 18.5. The number of unbranched alkanes of at least 4 members (excludes halogenated alkanes) is 33. The van der Waals surface area contributed by atoms with E-state index in [1.807, 2.05) is 0 Å². The summed E-state index contributed by atoms with van der Waals surface area (Å²) < 4.78 is 68.4. The van der Waals surface area contributed by atoms with Gasteiger partial charge in [-0.25, -0.2) is 9.13 Å². The first-order valence-corrected chi connectivity index (χ1v) is 40.2. The predicted octanol–water partition coefficient (Wildman–Crippen LogP) is 20.6. The van der Waals surface area contributed by atoms with E-state index in [1.165, 1.54) is 135 Å². The van der Waals surface area contributed by atoms with Crippen LogP contribution >= 0.6 is 15.6 Å². The highest BCUT2D eigenvalue weighted by atomic mass is 31.2. The molecule has 17 nitrogen and oxygen atoms in total. The summed E-state index contributed by atoms with van der Waals surface area (Å²) in [6, 6.07) is 0. The van der Waals surface area contributed by atoms with Gasteiger partial charge in [-0.2, -0.15) is 0 Å². The van der Waals surface area contributed by atoms with Gasteiger partial charge in [0.1, 0.15) is 19.3 Å². The standard InChI is InChI=1S/C73H138O17P2/c1-8-10-11-12-13-14-15-16-17-18-19-27-34-42-49-56-72(77)89-68(60-83-70(75)54-47-40-33-26-22-20-24-30-37-44-51-64(3)4)62-87-91(79,80)85-58-67(74)59-86-92(81,82)88-63-69(61-84-71(76)55-48-41-36-29-31-38-45-52-65(5)6)90-73(78)57-50-43-35-28-23-21-25-32-39-46-53-66(7)9-2/h14-17,64-69,74H,8-13,18-63H2,1-7H3,(H,79,80)(H,81,82)/b15-14-,17-16-/t66?,67?,68-,69-/m1/s1. The van der Waals surface area contributed by atoms with E-state index in [1.54, 1.807) is 0 Å². The van der Waals surface area contributed by atoms with E-state index in [9.17, 15) is 43.2 Å². The number of phosphoric ester groups is 2. The van der Waals surface area contributed by atoms with Crippen LogP contribution in [0.3, 0.4) is 0 Å². The molecule has 4 unspecified atom stereocenters. The zero-order valence-corrected chi connectivity index (χ0v) is 61.3. The van der Waals surface area contributed by atoms with Gasteiger partial charge in [-0.1, -0.05) is 291 Å². The van der Waals surface area contributed by atoms with Gasteiger partial charge >= 0.3 is 39.5 Å². The number of hydrogen-bond donors (Lipinski definition) is 3. The Kier molecular flexibility index (Phi) is 61.6. The van der Waals surface area contributed by atoms with Gasteiger partial charge in [0.2, 0.25) is 0 Å². The minimum Gasteiger partial charge on any atom is -0.462 e. The predicted molar refractivity (Wildman–Crippen MR) is 372 cm³/mol. The molecule has 0 aromatic carbocycles. The molecule has 0 spiro atoms. The van der Waals surface area contributed by atoms with Gasteiger partial charge in [0.15, 0.2) is 12.2 Å². The van der Waals surface area contributed by atoms with E-state index in [2.05, 4.69) is 72.8 Å². The molecule has 0 bridgehead atoms. The Bertz CT molecular complexity index is 1900. The Morgan fingerprint density at radius 1 is 0.359 bits per heavy atom. The third kappa shape index (κ3) is 64.9.